The molecule has 1 unspecified atom stereocenters. The second-order valence-corrected chi connectivity index (χ2v) is 5.93. The second kappa shape index (κ2) is 5.15. The zero-order valence-corrected chi connectivity index (χ0v) is 11.9. The van der Waals surface area contributed by atoms with Crippen molar-refractivity contribution in [3.05, 3.63) is 53.8 Å². The highest BCUT2D eigenvalue weighted by Crippen LogP contribution is 2.45. The Morgan fingerprint density at radius 2 is 1.71 bits per heavy atom. The van der Waals surface area contributed by atoms with E-state index in [0.717, 1.165) is 31.5 Å². The van der Waals surface area contributed by atoms with Gasteiger partial charge in [-0.25, -0.2) is 4.39 Å². The van der Waals surface area contributed by atoms with Crippen molar-refractivity contribution in [1.82, 2.24) is 5.32 Å². The zero-order chi connectivity index (χ0) is 14.2. The molecular formula is C18H19FN2. The molecule has 0 saturated carbocycles. The Bertz CT molecular complexity index is 668. The van der Waals surface area contributed by atoms with Gasteiger partial charge in [-0.15, -0.1) is 0 Å². The molecule has 0 spiro atoms. The summed E-state index contributed by atoms with van der Waals surface area (Å²) in [6.45, 7) is 2.09. The minimum atomic E-state index is -0.138. The van der Waals surface area contributed by atoms with Crippen LogP contribution in [0, 0.1) is 5.82 Å². The average molecular weight is 282 g/mol. The summed E-state index contributed by atoms with van der Waals surface area (Å²) in [6.07, 6.45) is 2.23. The molecule has 2 atom stereocenters. The number of hydrogen-bond acceptors (Lipinski definition) is 2. The van der Waals surface area contributed by atoms with E-state index in [1.165, 1.54) is 11.3 Å². The molecule has 3 heteroatoms. The molecule has 0 aromatic heterocycles. The van der Waals surface area contributed by atoms with Crippen molar-refractivity contribution in [1.29, 1.82) is 0 Å². The van der Waals surface area contributed by atoms with Gasteiger partial charge in [0.25, 0.3) is 0 Å². The first-order valence-electron chi connectivity index (χ1n) is 7.69. The molecule has 0 bridgehead atoms. The summed E-state index contributed by atoms with van der Waals surface area (Å²) in [5.74, 6) is 0.340. The fraction of sp³-hybridized carbons (Fsp3) is 0.333. The van der Waals surface area contributed by atoms with Crippen LogP contribution in [0.5, 0.6) is 0 Å². The Labute approximate surface area is 124 Å². The lowest BCUT2D eigenvalue weighted by atomic mass is 9.86. The molecule has 2 aliphatic rings. The van der Waals surface area contributed by atoms with Crippen LogP contribution < -0.4 is 10.6 Å². The topological polar surface area (TPSA) is 24.1 Å². The molecule has 2 aliphatic heterocycles. The van der Waals surface area contributed by atoms with Gasteiger partial charge >= 0.3 is 0 Å². The third-order valence-corrected chi connectivity index (χ3v) is 4.73. The van der Waals surface area contributed by atoms with E-state index < -0.39 is 0 Å². The van der Waals surface area contributed by atoms with Crippen LogP contribution in [0.2, 0.25) is 0 Å². The first kappa shape index (κ1) is 12.8. The van der Waals surface area contributed by atoms with E-state index >= 15 is 0 Å². The van der Waals surface area contributed by atoms with Crippen molar-refractivity contribution in [3.8, 4) is 11.1 Å². The summed E-state index contributed by atoms with van der Waals surface area (Å²) in [5.41, 5.74) is 4.26. The molecule has 0 amide bonds. The van der Waals surface area contributed by atoms with Crippen molar-refractivity contribution < 1.29 is 4.39 Å². The predicted molar refractivity (Wildman–Crippen MR) is 84.1 cm³/mol. The van der Waals surface area contributed by atoms with Crippen LogP contribution in [0.15, 0.2) is 42.5 Å². The molecule has 2 aromatic carbocycles. The van der Waals surface area contributed by atoms with Gasteiger partial charge in [-0.1, -0.05) is 30.3 Å². The maximum absolute atomic E-state index is 14.2. The summed E-state index contributed by atoms with van der Waals surface area (Å²) in [7, 11) is 0. The third-order valence-electron chi connectivity index (χ3n) is 4.73. The van der Waals surface area contributed by atoms with E-state index in [4.69, 9.17) is 0 Å². The van der Waals surface area contributed by atoms with Crippen LogP contribution in [0.3, 0.4) is 0 Å². The smallest absolute Gasteiger partial charge is 0.131 e. The number of benzene rings is 2. The highest BCUT2D eigenvalue weighted by atomic mass is 19.1. The van der Waals surface area contributed by atoms with Crippen LogP contribution in [-0.4, -0.2) is 19.1 Å². The molecule has 0 radical (unpaired) electrons. The van der Waals surface area contributed by atoms with Crippen molar-refractivity contribution in [2.75, 3.05) is 18.4 Å². The van der Waals surface area contributed by atoms with Gasteiger partial charge in [-0.3, -0.25) is 0 Å². The monoisotopic (exact) mass is 282 g/mol. The van der Waals surface area contributed by atoms with Gasteiger partial charge in [0.2, 0.25) is 0 Å². The second-order valence-electron chi connectivity index (χ2n) is 5.93. The molecule has 108 valence electrons. The van der Waals surface area contributed by atoms with Gasteiger partial charge in [0.15, 0.2) is 0 Å². The summed E-state index contributed by atoms with van der Waals surface area (Å²) in [4.78, 5) is 0. The molecule has 1 fully saturated rings. The number of fused-ring (bicyclic) bond motifs is 3. The molecular weight excluding hydrogens is 263 g/mol. The summed E-state index contributed by atoms with van der Waals surface area (Å²) < 4.78 is 14.2. The molecule has 0 aliphatic carbocycles. The van der Waals surface area contributed by atoms with Gasteiger partial charge in [0.1, 0.15) is 5.82 Å². The fourth-order valence-corrected chi connectivity index (χ4v) is 3.77. The molecule has 2 nitrogen and oxygen atoms in total. The van der Waals surface area contributed by atoms with E-state index in [2.05, 4.69) is 22.8 Å². The molecule has 2 N–H and O–H groups in total. The Morgan fingerprint density at radius 3 is 2.62 bits per heavy atom. The normalized spacial score (nSPS) is 23.9. The maximum Gasteiger partial charge on any atom is 0.131 e. The summed E-state index contributed by atoms with van der Waals surface area (Å²) in [6, 6.07) is 13.8. The van der Waals surface area contributed by atoms with Crippen LogP contribution in [0.25, 0.3) is 11.1 Å². The lowest BCUT2D eigenvalue weighted by Crippen LogP contribution is -2.21. The zero-order valence-electron chi connectivity index (χ0n) is 11.9. The Hall–Kier alpha value is -1.87. The minimum Gasteiger partial charge on any atom is -0.381 e. The van der Waals surface area contributed by atoms with E-state index in [1.807, 2.05) is 18.2 Å². The summed E-state index contributed by atoms with van der Waals surface area (Å²) >= 11 is 0. The molecule has 21 heavy (non-hydrogen) atoms. The van der Waals surface area contributed by atoms with Crippen LogP contribution >= 0.6 is 0 Å². The lowest BCUT2D eigenvalue weighted by Gasteiger charge is -2.18. The number of hydrogen-bond donors (Lipinski definition) is 2. The van der Waals surface area contributed by atoms with E-state index in [0.29, 0.717) is 17.5 Å². The van der Waals surface area contributed by atoms with Crippen LogP contribution in [0.1, 0.15) is 24.3 Å². The van der Waals surface area contributed by atoms with Crippen LogP contribution in [-0.2, 0) is 0 Å². The fourth-order valence-electron chi connectivity index (χ4n) is 3.77. The number of rotatable bonds is 1. The quantitative estimate of drug-likeness (QED) is 0.832. The average Bonchev–Trinajstić information content (AvgIpc) is 2.70. The Kier molecular flexibility index (Phi) is 3.15. The van der Waals surface area contributed by atoms with Crippen molar-refractivity contribution >= 4 is 5.69 Å². The number of anilines is 1. The first-order valence-corrected chi connectivity index (χ1v) is 7.69. The molecule has 2 aromatic rings. The van der Waals surface area contributed by atoms with Gasteiger partial charge in [-0.05, 0) is 49.2 Å². The highest BCUT2D eigenvalue weighted by molar-refractivity contribution is 5.78. The van der Waals surface area contributed by atoms with Gasteiger partial charge in [-0.2, -0.15) is 0 Å². The largest absolute Gasteiger partial charge is 0.381 e. The number of nitrogens with one attached hydrogen (secondary N) is 2. The maximum atomic E-state index is 14.2. The van der Waals surface area contributed by atoms with Gasteiger partial charge in [0, 0.05) is 23.2 Å². The predicted octanol–water partition coefficient (Wildman–Crippen LogP) is 3.75. The van der Waals surface area contributed by atoms with Crippen molar-refractivity contribution in [3.63, 3.8) is 0 Å². The standard InChI is InChI=1S/C18H19FN2/c19-15-6-2-1-4-12(15)13-5-3-7-17-18(13)14-8-10-20-11-9-16(14)21-17/h1-7,14,16,20-21H,8-11H2/t14-,16?/m1/s1. The first-order chi connectivity index (χ1) is 10.3. The highest BCUT2D eigenvalue weighted by Gasteiger charge is 2.34. The minimum absolute atomic E-state index is 0.138. The van der Waals surface area contributed by atoms with Gasteiger partial charge < -0.3 is 10.6 Å². The Balaban J connectivity index is 1.85. The van der Waals surface area contributed by atoms with E-state index in [1.54, 1.807) is 12.1 Å². The van der Waals surface area contributed by atoms with E-state index in [9.17, 15) is 4.39 Å². The van der Waals surface area contributed by atoms with Gasteiger partial charge in [0.05, 0.1) is 0 Å². The van der Waals surface area contributed by atoms with Crippen molar-refractivity contribution in [2.45, 2.75) is 24.8 Å². The van der Waals surface area contributed by atoms with Crippen molar-refractivity contribution in [2.24, 2.45) is 0 Å². The molecule has 1 saturated heterocycles. The SMILES string of the molecule is Fc1ccccc1-c1cccc2c1[C@@H]1CCNCCC1N2. The Morgan fingerprint density at radius 1 is 0.905 bits per heavy atom. The van der Waals surface area contributed by atoms with Crippen LogP contribution in [0.4, 0.5) is 10.1 Å². The summed E-state index contributed by atoms with van der Waals surface area (Å²) in [5, 5.41) is 7.11. The van der Waals surface area contributed by atoms with E-state index in [-0.39, 0.29) is 5.82 Å². The number of halogens is 1. The third kappa shape index (κ3) is 2.12. The lowest BCUT2D eigenvalue weighted by molar-refractivity contribution is 0.578. The molecule has 4 rings (SSSR count). The molecule has 2 heterocycles.